The number of nitrogens with one attached hydrogen (secondary N) is 2. The highest BCUT2D eigenvalue weighted by Crippen LogP contribution is 2.30. The zero-order chi connectivity index (χ0) is 34.0. The van der Waals surface area contributed by atoms with Crippen molar-refractivity contribution >= 4 is 23.6 Å². The molecule has 46 heavy (non-hydrogen) atoms. The molecule has 0 aliphatic heterocycles. The van der Waals surface area contributed by atoms with Crippen LogP contribution in [-0.2, 0) is 20.7 Å². The van der Waals surface area contributed by atoms with Crippen molar-refractivity contribution in [3.63, 3.8) is 0 Å². The number of aryl methyl sites for hydroxylation is 1. The van der Waals surface area contributed by atoms with Crippen LogP contribution >= 0.6 is 0 Å². The van der Waals surface area contributed by atoms with Crippen LogP contribution in [0, 0.1) is 12.8 Å². The molecule has 3 N–H and O–H groups in total. The first kappa shape index (κ1) is 35.9. The van der Waals surface area contributed by atoms with E-state index in [-0.39, 0.29) is 24.1 Å². The van der Waals surface area contributed by atoms with Crippen LogP contribution in [0.15, 0.2) is 72.8 Å². The third-order valence-electron chi connectivity index (χ3n) is 7.50. The van der Waals surface area contributed by atoms with Gasteiger partial charge in [-0.05, 0) is 101 Å². The minimum Gasteiger partial charge on any atom is -0.508 e. The number of carbonyl (C=O) groups excluding carboxylic acids is 3. The first-order valence-corrected chi connectivity index (χ1v) is 15.8. The Hall–Kier alpha value is -4.53. The summed E-state index contributed by atoms with van der Waals surface area (Å²) in [7, 11) is 1.57. The van der Waals surface area contributed by atoms with Gasteiger partial charge in [-0.2, -0.15) is 0 Å². The van der Waals surface area contributed by atoms with E-state index >= 15 is 0 Å². The molecular weight excluding hydrogens is 582 g/mol. The third-order valence-corrected chi connectivity index (χ3v) is 7.50. The maximum absolute atomic E-state index is 14.9. The number of benzene rings is 3. The second kappa shape index (κ2) is 16.2. The molecule has 0 heterocycles. The minimum atomic E-state index is -1.07. The predicted octanol–water partition coefficient (Wildman–Crippen LogP) is 7.18. The summed E-state index contributed by atoms with van der Waals surface area (Å²) in [5.41, 5.74) is 2.07. The van der Waals surface area contributed by atoms with Crippen molar-refractivity contribution in [2.24, 2.45) is 5.92 Å². The molecule has 0 aromatic heterocycles. The van der Waals surface area contributed by atoms with Crippen LogP contribution in [0.25, 0.3) is 0 Å². The Morgan fingerprint density at radius 1 is 0.913 bits per heavy atom. The van der Waals surface area contributed by atoms with Gasteiger partial charge in [0.1, 0.15) is 29.2 Å². The molecule has 0 spiro atoms. The van der Waals surface area contributed by atoms with Crippen LogP contribution in [0.2, 0.25) is 0 Å². The standard InChI is InChI=1S/C37H49N3O6/c1-24(2)12-13-26(4)40(35(43)32(39-36(44)46-37(5,6)7)23-27-14-18-30(41)19-15-27)33(28-11-9-10-25(3)22-28)34(42)38-29-16-20-31(45-8)21-17-29/h9-11,14-22,24,26,32-33,41H,12-13,23H2,1-8H3,(H,38,42)(H,39,44). The van der Waals surface area contributed by atoms with Gasteiger partial charge in [-0.3, -0.25) is 9.59 Å². The molecule has 0 saturated heterocycles. The van der Waals surface area contributed by atoms with Crippen LogP contribution in [0.5, 0.6) is 11.5 Å². The molecule has 9 nitrogen and oxygen atoms in total. The first-order chi connectivity index (χ1) is 21.7. The second-order valence-electron chi connectivity index (χ2n) is 13.2. The van der Waals surface area contributed by atoms with Gasteiger partial charge in [0.15, 0.2) is 0 Å². The van der Waals surface area contributed by atoms with Gasteiger partial charge in [0, 0.05) is 18.2 Å². The molecule has 9 heteroatoms. The Balaban J connectivity index is 2.13. The van der Waals surface area contributed by atoms with E-state index in [1.165, 1.54) is 12.1 Å². The fourth-order valence-corrected chi connectivity index (χ4v) is 5.17. The lowest BCUT2D eigenvalue weighted by atomic mass is 9.95. The predicted molar refractivity (Wildman–Crippen MR) is 181 cm³/mol. The lowest BCUT2D eigenvalue weighted by Gasteiger charge is -2.39. The first-order valence-electron chi connectivity index (χ1n) is 15.8. The maximum atomic E-state index is 14.9. The number of methoxy groups -OCH3 is 1. The minimum absolute atomic E-state index is 0.0883. The van der Waals surface area contributed by atoms with Gasteiger partial charge >= 0.3 is 6.09 Å². The molecule has 3 atom stereocenters. The van der Waals surface area contributed by atoms with E-state index in [9.17, 15) is 19.5 Å². The molecule has 3 rings (SSSR count). The molecule has 3 aromatic rings. The van der Waals surface area contributed by atoms with Crippen LogP contribution in [0.3, 0.4) is 0 Å². The van der Waals surface area contributed by atoms with Gasteiger partial charge in [-0.1, -0.05) is 55.8 Å². The Morgan fingerprint density at radius 2 is 1.57 bits per heavy atom. The van der Waals surface area contributed by atoms with Crippen molar-refractivity contribution in [1.29, 1.82) is 0 Å². The summed E-state index contributed by atoms with van der Waals surface area (Å²) < 4.78 is 10.8. The monoisotopic (exact) mass is 631 g/mol. The van der Waals surface area contributed by atoms with Crippen LogP contribution in [-0.4, -0.2) is 52.7 Å². The highest BCUT2D eigenvalue weighted by atomic mass is 16.6. The van der Waals surface area contributed by atoms with E-state index in [2.05, 4.69) is 24.5 Å². The number of phenolic OH excluding ortho intramolecular Hbond substituents is 1. The van der Waals surface area contributed by atoms with Crippen molar-refractivity contribution in [3.05, 3.63) is 89.5 Å². The average Bonchev–Trinajstić information content (AvgIpc) is 2.98. The lowest BCUT2D eigenvalue weighted by Crippen LogP contribution is -2.55. The van der Waals surface area contributed by atoms with Crippen molar-refractivity contribution in [2.75, 3.05) is 12.4 Å². The van der Waals surface area contributed by atoms with Crippen molar-refractivity contribution in [1.82, 2.24) is 10.2 Å². The zero-order valence-electron chi connectivity index (χ0n) is 28.3. The summed E-state index contributed by atoms with van der Waals surface area (Å²) in [6, 6.07) is 18.6. The highest BCUT2D eigenvalue weighted by molar-refractivity contribution is 5.99. The van der Waals surface area contributed by atoms with E-state index in [1.54, 1.807) is 69.2 Å². The fraction of sp³-hybridized carbons (Fsp3) is 0.432. The largest absolute Gasteiger partial charge is 0.508 e. The normalized spacial score (nSPS) is 13.3. The summed E-state index contributed by atoms with van der Waals surface area (Å²) in [6.45, 7) is 13.4. The number of nitrogens with zero attached hydrogens (tertiary/aromatic N) is 1. The van der Waals surface area contributed by atoms with Crippen LogP contribution in [0.1, 0.15) is 77.1 Å². The molecular formula is C37H49N3O6. The van der Waals surface area contributed by atoms with Crippen LogP contribution < -0.4 is 15.4 Å². The van der Waals surface area contributed by atoms with Gasteiger partial charge in [0.25, 0.3) is 5.91 Å². The molecule has 248 valence electrons. The van der Waals surface area contributed by atoms with Crippen molar-refractivity contribution < 1.29 is 29.0 Å². The number of carbonyl (C=O) groups is 3. The maximum Gasteiger partial charge on any atom is 0.408 e. The third kappa shape index (κ3) is 10.8. The smallest absolute Gasteiger partial charge is 0.408 e. The Labute approximate surface area is 273 Å². The number of amides is 3. The molecule has 0 fully saturated rings. The molecule has 3 aromatic carbocycles. The van der Waals surface area contributed by atoms with Gasteiger partial charge in [-0.25, -0.2) is 4.79 Å². The average molecular weight is 632 g/mol. The van der Waals surface area contributed by atoms with Crippen molar-refractivity contribution in [2.45, 2.75) is 91.5 Å². The highest BCUT2D eigenvalue weighted by Gasteiger charge is 2.39. The Kier molecular flexibility index (Phi) is 12.6. The summed E-state index contributed by atoms with van der Waals surface area (Å²) >= 11 is 0. The Morgan fingerprint density at radius 3 is 2.13 bits per heavy atom. The number of aromatic hydroxyl groups is 1. The summed E-state index contributed by atoms with van der Waals surface area (Å²) in [6.07, 6.45) is 0.842. The molecule has 0 bridgehead atoms. The molecule has 0 aliphatic carbocycles. The topological polar surface area (TPSA) is 117 Å². The molecule has 0 radical (unpaired) electrons. The van der Waals surface area contributed by atoms with E-state index in [4.69, 9.17) is 9.47 Å². The number of alkyl carbamates (subject to hydrolysis) is 1. The van der Waals surface area contributed by atoms with E-state index < -0.39 is 29.7 Å². The van der Waals surface area contributed by atoms with Crippen LogP contribution in [0.4, 0.5) is 10.5 Å². The van der Waals surface area contributed by atoms with E-state index in [0.717, 1.165) is 17.5 Å². The molecule has 3 unspecified atom stereocenters. The molecule has 0 aliphatic rings. The SMILES string of the molecule is COc1ccc(NC(=O)C(c2cccc(C)c2)N(C(=O)C(Cc2ccc(O)cc2)NC(=O)OC(C)(C)C)C(C)CCC(C)C)cc1. The van der Waals surface area contributed by atoms with E-state index in [0.29, 0.717) is 29.3 Å². The fourth-order valence-electron chi connectivity index (χ4n) is 5.17. The molecule has 3 amide bonds. The van der Waals surface area contributed by atoms with Crippen molar-refractivity contribution in [3.8, 4) is 11.5 Å². The number of hydrogen-bond acceptors (Lipinski definition) is 6. The quantitative estimate of drug-likeness (QED) is 0.184. The Bertz CT molecular complexity index is 1450. The van der Waals surface area contributed by atoms with Gasteiger partial charge in [0.2, 0.25) is 5.91 Å². The van der Waals surface area contributed by atoms with Gasteiger partial charge in [0.05, 0.1) is 7.11 Å². The number of phenols is 1. The summed E-state index contributed by atoms with van der Waals surface area (Å²) in [4.78, 5) is 43.9. The molecule has 0 saturated carbocycles. The number of ether oxygens (including phenoxy) is 2. The summed E-state index contributed by atoms with van der Waals surface area (Å²) in [5.74, 6) is 0.299. The number of anilines is 1. The van der Waals surface area contributed by atoms with E-state index in [1.807, 2.05) is 38.1 Å². The van der Waals surface area contributed by atoms with Gasteiger partial charge in [-0.15, -0.1) is 0 Å². The lowest BCUT2D eigenvalue weighted by molar-refractivity contribution is -0.143. The number of hydrogen-bond donors (Lipinski definition) is 3. The van der Waals surface area contributed by atoms with Gasteiger partial charge < -0.3 is 30.1 Å². The zero-order valence-corrected chi connectivity index (χ0v) is 28.3. The second-order valence-corrected chi connectivity index (χ2v) is 13.2. The number of rotatable bonds is 13. The summed E-state index contributed by atoms with van der Waals surface area (Å²) in [5, 5.41) is 15.7.